The Bertz CT molecular complexity index is 404. The van der Waals surface area contributed by atoms with Crippen molar-refractivity contribution in [2.45, 2.75) is 25.5 Å². The Morgan fingerprint density at radius 1 is 1.61 bits per heavy atom. The molecule has 0 spiro atoms. The van der Waals surface area contributed by atoms with Crippen LogP contribution in [0.4, 0.5) is 0 Å². The molecule has 5 nitrogen and oxygen atoms in total. The second-order valence-corrected chi connectivity index (χ2v) is 4.89. The molecule has 1 amide bonds. The largest absolute Gasteiger partial charge is 0.363 e. The first-order chi connectivity index (χ1) is 8.59. The fraction of sp³-hybridized carbons (Fsp3) is 0.538. The molecular formula is C13H19N3O2. The first-order valence-corrected chi connectivity index (χ1v) is 6.14. The lowest BCUT2D eigenvalue weighted by atomic mass is 10.0. The number of carbonyl (C=O) groups is 1. The van der Waals surface area contributed by atoms with Crippen molar-refractivity contribution in [2.75, 3.05) is 19.7 Å². The van der Waals surface area contributed by atoms with E-state index in [9.17, 15) is 4.79 Å². The van der Waals surface area contributed by atoms with Crippen molar-refractivity contribution in [3.05, 3.63) is 30.1 Å². The minimum atomic E-state index is -0.189. The number of carbonyl (C=O) groups excluding carboxylic acids is 1. The van der Waals surface area contributed by atoms with E-state index in [1.807, 2.05) is 32.0 Å². The van der Waals surface area contributed by atoms with Crippen LogP contribution in [0, 0.1) is 0 Å². The third-order valence-corrected chi connectivity index (χ3v) is 3.06. The Labute approximate surface area is 107 Å². The van der Waals surface area contributed by atoms with E-state index in [2.05, 4.69) is 15.6 Å². The lowest BCUT2D eigenvalue weighted by Crippen LogP contribution is -2.59. The van der Waals surface area contributed by atoms with E-state index in [4.69, 9.17) is 4.74 Å². The van der Waals surface area contributed by atoms with Crippen LogP contribution >= 0.6 is 0 Å². The van der Waals surface area contributed by atoms with Crippen molar-refractivity contribution in [2.24, 2.45) is 0 Å². The molecule has 1 aromatic heterocycles. The molecule has 0 aliphatic carbocycles. The molecule has 1 aromatic rings. The van der Waals surface area contributed by atoms with Crippen LogP contribution in [0.3, 0.4) is 0 Å². The van der Waals surface area contributed by atoms with Gasteiger partial charge >= 0.3 is 0 Å². The van der Waals surface area contributed by atoms with Gasteiger partial charge in [-0.3, -0.25) is 9.78 Å². The second kappa shape index (κ2) is 5.46. The Balaban J connectivity index is 1.77. The van der Waals surface area contributed by atoms with E-state index in [1.54, 1.807) is 6.20 Å². The van der Waals surface area contributed by atoms with Gasteiger partial charge in [0.1, 0.15) is 6.61 Å². The zero-order valence-electron chi connectivity index (χ0n) is 10.8. The monoisotopic (exact) mass is 249 g/mol. The van der Waals surface area contributed by atoms with E-state index in [1.165, 1.54) is 0 Å². The number of nitrogens with one attached hydrogen (secondary N) is 2. The van der Waals surface area contributed by atoms with E-state index < -0.39 is 0 Å². The van der Waals surface area contributed by atoms with Crippen LogP contribution in [0.5, 0.6) is 0 Å². The summed E-state index contributed by atoms with van der Waals surface area (Å²) in [4.78, 5) is 15.9. The van der Waals surface area contributed by atoms with E-state index >= 15 is 0 Å². The number of nitrogens with zero attached hydrogens (tertiary/aromatic N) is 1. The first-order valence-electron chi connectivity index (χ1n) is 6.14. The Morgan fingerprint density at radius 2 is 2.39 bits per heavy atom. The van der Waals surface area contributed by atoms with Crippen LogP contribution in [-0.2, 0) is 9.53 Å². The molecule has 0 unspecified atom stereocenters. The summed E-state index contributed by atoms with van der Waals surface area (Å²) in [6.07, 6.45) is 1.72. The summed E-state index contributed by atoms with van der Waals surface area (Å²) in [6.45, 7) is 5.60. The maximum absolute atomic E-state index is 11.7. The number of hydrogen-bond donors (Lipinski definition) is 2. The predicted molar refractivity (Wildman–Crippen MR) is 68.0 cm³/mol. The van der Waals surface area contributed by atoms with Crippen molar-refractivity contribution in [1.82, 2.24) is 15.6 Å². The zero-order chi connectivity index (χ0) is 13.0. The molecule has 5 heteroatoms. The fourth-order valence-electron chi connectivity index (χ4n) is 1.81. The summed E-state index contributed by atoms with van der Waals surface area (Å²) in [7, 11) is 0. The Kier molecular flexibility index (Phi) is 3.93. The van der Waals surface area contributed by atoms with Gasteiger partial charge in [-0.05, 0) is 26.0 Å². The summed E-state index contributed by atoms with van der Waals surface area (Å²) >= 11 is 0. The molecular weight excluding hydrogens is 230 g/mol. The average Bonchev–Trinajstić information content (AvgIpc) is 2.35. The van der Waals surface area contributed by atoms with Gasteiger partial charge in [-0.25, -0.2) is 0 Å². The molecule has 2 N–H and O–H groups in total. The number of rotatable bonds is 5. The van der Waals surface area contributed by atoms with Crippen LogP contribution in [0.2, 0.25) is 0 Å². The molecule has 18 heavy (non-hydrogen) atoms. The average molecular weight is 249 g/mol. The molecule has 0 saturated carbocycles. The van der Waals surface area contributed by atoms with E-state index in [-0.39, 0.29) is 24.2 Å². The van der Waals surface area contributed by atoms with Gasteiger partial charge in [-0.1, -0.05) is 6.07 Å². The summed E-state index contributed by atoms with van der Waals surface area (Å²) in [5, 5.41) is 6.00. The van der Waals surface area contributed by atoms with Gasteiger partial charge in [0.05, 0.1) is 17.3 Å². The molecule has 0 aromatic carbocycles. The molecule has 2 heterocycles. The normalized spacial score (nSPS) is 18.8. The second-order valence-electron chi connectivity index (χ2n) is 4.89. The first kappa shape index (κ1) is 13.0. The van der Waals surface area contributed by atoms with Crippen LogP contribution in [0.1, 0.15) is 25.6 Å². The lowest BCUT2D eigenvalue weighted by molar-refractivity contribution is -0.136. The molecule has 98 valence electrons. The molecule has 1 saturated heterocycles. The Morgan fingerprint density at radius 3 is 2.94 bits per heavy atom. The fourth-order valence-corrected chi connectivity index (χ4v) is 1.81. The molecule has 0 bridgehead atoms. The predicted octanol–water partition coefficient (Wildman–Crippen LogP) is 0.637. The third kappa shape index (κ3) is 3.27. The standard InChI is InChI=1S/C13H19N3O2/c1-10(11-5-3-4-6-15-11)16-12(17)7-18-13(2)8-14-9-13/h3-6,10,14H,7-9H2,1-2H3,(H,16,17)/t10-/m0/s1. The van der Waals surface area contributed by atoms with Gasteiger partial charge in [0, 0.05) is 19.3 Å². The summed E-state index contributed by atoms with van der Waals surface area (Å²) in [5.41, 5.74) is 0.661. The maximum Gasteiger partial charge on any atom is 0.246 e. The van der Waals surface area contributed by atoms with Gasteiger partial charge in [0.25, 0.3) is 0 Å². The highest BCUT2D eigenvalue weighted by Crippen LogP contribution is 2.15. The smallest absolute Gasteiger partial charge is 0.246 e. The van der Waals surface area contributed by atoms with Gasteiger partial charge in [-0.2, -0.15) is 0 Å². The van der Waals surface area contributed by atoms with Crippen LogP contribution in [-0.4, -0.2) is 36.2 Å². The van der Waals surface area contributed by atoms with Gasteiger partial charge in [0.2, 0.25) is 5.91 Å². The topological polar surface area (TPSA) is 63.2 Å². The molecule has 1 aliphatic rings. The van der Waals surface area contributed by atoms with E-state index in [0.717, 1.165) is 18.8 Å². The number of pyridine rings is 1. The SMILES string of the molecule is C[C@H](NC(=O)COC1(C)CNC1)c1ccccn1. The van der Waals surface area contributed by atoms with Crippen molar-refractivity contribution < 1.29 is 9.53 Å². The lowest BCUT2D eigenvalue weighted by Gasteiger charge is -2.38. The van der Waals surface area contributed by atoms with Crippen LogP contribution < -0.4 is 10.6 Å². The van der Waals surface area contributed by atoms with Crippen molar-refractivity contribution >= 4 is 5.91 Å². The third-order valence-electron chi connectivity index (χ3n) is 3.06. The van der Waals surface area contributed by atoms with Crippen LogP contribution in [0.25, 0.3) is 0 Å². The number of ether oxygens (including phenoxy) is 1. The Hall–Kier alpha value is -1.46. The molecule has 0 radical (unpaired) electrons. The highest BCUT2D eigenvalue weighted by molar-refractivity contribution is 5.77. The molecule has 1 fully saturated rings. The number of aromatic nitrogens is 1. The molecule has 1 atom stereocenters. The highest BCUT2D eigenvalue weighted by Gasteiger charge is 2.33. The van der Waals surface area contributed by atoms with Gasteiger partial charge in [0.15, 0.2) is 0 Å². The van der Waals surface area contributed by atoms with Crippen molar-refractivity contribution in [3.63, 3.8) is 0 Å². The minimum absolute atomic E-state index is 0.0926. The van der Waals surface area contributed by atoms with Gasteiger partial charge in [-0.15, -0.1) is 0 Å². The van der Waals surface area contributed by atoms with Crippen molar-refractivity contribution in [1.29, 1.82) is 0 Å². The highest BCUT2D eigenvalue weighted by atomic mass is 16.5. The molecule has 1 aliphatic heterocycles. The summed E-state index contributed by atoms with van der Waals surface area (Å²) in [6, 6.07) is 5.55. The minimum Gasteiger partial charge on any atom is -0.363 e. The van der Waals surface area contributed by atoms with Crippen LogP contribution in [0.15, 0.2) is 24.4 Å². The number of amides is 1. The number of hydrogen-bond acceptors (Lipinski definition) is 4. The zero-order valence-corrected chi connectivity index (χ0v) is 10.8. The quantitative estimate of drug-likeness (QED) is 0.803. The van der Waals surface area contributed by atoms with Crippen molar-refractivity contribution in [3.8, 4) is 0 Å². The molecule has 2 rings (SSSR count). The van der Waals surface area contributed by atoms with Gasteiger partial charge < -0.3 is 15.4 Å². The maximum atomic E-state index is 11.7. The van der Waals surface area contributed by atoms with E-state index in [0.29, 0.717) is 0 Å². The summed E-state index contributed by atoms with van der Waals surface area (Å²) in [5.74, 6) is -0.110. The summed E-state index contributed by atoms with van der Waals surface area (Å²) < 4.78 is 5.57.